The van der Waals surface area contributed by atoms with Gasteiger partial charge in [-0.3, -0.25) is 9.59 Å². The van der Waals surface area contributed by atoms with Crippen LogP contribution in [0.1, 0.15) is 6.92 Å². The summed E-state index contributed by atoms with van der Waals surface area (Å²) in [6, 6.07) is 5.52. The molecule has 0 saturated heterocycles. The first-order valence-electron chi connectivity index (χ1n) is 9.53. The van der Waals surface area contributed by atoms with Crippen LogP contribution in [-0.2, 0) is 30.7 Å². The summed E-state index contributed by atoms with van der Waals surface area (Å²) in [6.45, 7) is 3.22. The molecule has 0 radical (unpaired) electrons. The van der Waals surface area contributed by atoms with Crippen molar-refractivity contribution in [2.24, 2.45) is 4.99 Å². The number of amides is 2. The van der Waals surface area contributed by atoms with Crippen molar-refractivity contribution in [2.45, 2.75) is 13.5 Å². The predicted molar refractivity (Wildman–Crippen MR) is 123 cm³/mol. The molecular weight excluding hydrogens is 476 g/mol. The second-order valence-corrected chi connectivity index (χ2v) is 10.5. The van der Waals surface area contributed by atoms with E-state index in [1.54, 1.807) is 17.1 Å². The molecule has 0 saturated carbocycles. The standard InChI is InChI=1S/C19H22N4O6S3/c1-3-29-13-4-5-14-15(10-13)31-19(23(14)7-8-28-2)22-17(25)12-32(26,27)11-16(24)21-18-20-6-9-30-18/h4-6,9-10H,3,7-8,11-12H2,1-2H3,(H,20,21,24). The first kappa shape index (κ1) is 24.0. The average molecular weight is 499 g/mol. The average Bonchev–Trinajstić information content (AvgIpc) is 3.32. The van der Waals surface area contributed by atoms with Crippen molar-refractivity contribution in [3.63, 3.8) is 0 Å². The number of benzene rings is 1. The van der Waals surface area contributed by atoms with E-state index in [0.29, 0.717) is 30.3 Å². The number of nitrogens with zero attached hydrogens (tertiary/aromatic N) is 3. The number of ether oxygens (including phenoxy) is 2. The number of fused-ring (bicyclic) bond motifs is 1. The third-order valence-corrected chi connectivity index (χ3v) is 7.20. The summed E-state index contributed by atoms with van der Waals surface area (Å²) >= 11 is 2.41. The van der Waals surface area contributed by atoms with E-state index in [2.05, 4.69) is 15.3 Å². The Hall–Kier alpha value is -2.61. The van der Waals surface area contributed by atoms with E-state index in [-0.39, 0.29) is 5.13 Å². The molecular formula is C19H22N4O6S3. The zero-order chi connectivity index (χ0) is 23.1. The van der Waals surface area contributed by atoms with Gasteiger partial charge in [-0.2, -0.15) is 4.99 Å². The van der Waals surface area contributed by atoms with Gasteiger partial charge in [-0.15, -0.1) is 11.3 Å². The van der Waals surface area contributed by atoms with Crippen molar-refractivity contribution in [1.82, 2.24) is 9.55 Å². The van der Waals surface area contributed by atoms with Gasteiger partial charge in [0.25, 0.3) is 5.91 Å². The number of rotatable bonds is 10. The molecule has 13 heteroatoms. The van der Waals surface area contributed by atoms with E-state index in [9.17, 15) is 18.0 Å². The molecule has 2 amide bonds. The number of hydrogen-bond donors (Lipinski definition) is 1. The summed E-state index contributed by atoms with van der Waals surface area (Å²) in [6.07, 6.45) is 1.48. The maximum atomic E-state index is 12.4. The van der Waals surface area contributed by atoms with Crippen LogP contribution >= 0.6 is 22.7 Å². The first-order chi connectivity index (χ1) is 15.3. The molecule has 10 nitrogen and oxygen atoms in total. The zero-order valence-corrected chi connectivity index (χ0v) is 19.9. The highest BCUT2D eigenvalue weighted by Gasteiger charge is 2.21. The zero-order valence-electron chi connectivity index (χ0n) is 17.4. The van der Waals surface area contributed by atoms with Crippen LogP contribution in [-0.4, -0.2) is 61.6 Å². The van der Waals surface area contributed by atoms with Crippen molar-refractivity contribution in [1.29, 1.82) is 0 Å². The van der Waals surface area contributed by atoms with Crippen molar-refractivity contribution in [2.75, 3.05) is 37.1 Å². The molecule has 0 spiro atoms. The minimum Gasteiger partial charge on any atom is -0.494 e. The fourth-order valence-corrected chi connectivity index (χ4v) is 5.47. The van der Waals surface area contributed by atoms with E-state index in [4.69, 9.17) is 9.47 Å². The number of hydrogen-bond acceptors (Lipinski definition) is 9. The number of thiazole rings is 2. The Balaban J connectivity index is 1.81. The molecule has 0 atom stereocenters. The van der Waals surface area contributed by atoms with Gasteiger partial charge in [0, 0.05) is 25.2 Å². The molecule has 0 bridgehead atoms. The van der Waals surface area contributed by atoms with Crippen LogP contribution in [0.4, 0.5) is 5.13 Å². The van der Waals surface area contributed by atoms with Crippen molar-refractivity contribution >= 4 is 59.7 Å². The summed E-state index contributed by atoms with van der Waals surface area (Å²) < 4.78 is 37.9. The Kier molecular flexibility index (Phi) is 8.12. The van der Waals surface area contributed by atoms with Gasteiger partial charge in [0.15, 0.2) is 19.8 Å². The molecule has 32 heavy (non-hydrogen) atoms. The highest BCUT2D eigenvalue weighted by Crippen LogP contribution is 2.23. The number of sulfone groups is 1. The van der Waals surface area contributed by atoms with Crippen molar-refractivity contribution < 1.29 is 27.5 Å². The van der Waals surface area contributed by atoms with E-state index < -0.39 is 33.2 Å². The van der Waals surface area contributed by atoms with Crippen LogP contribution in [0.15, 0.2) is 34.8 Å². The molecule has 0 unspecified atom stereocenters. The lowest BCUT2D eigenvalue weighted by Crippen LogP contribution is -2.28. The monoisotopic (exact) mass is 498 g/mol. The van der Waals surface area contributed by atoms with Gasteiger partial charge in [0.2, 0.25) is 5.91 Å². The fraction of sp³-hybridized carbons (Fsp3) is 0.368. The molecule has 2 heterocycles. The number of carbonyl (C=O) groups is 2. The highest BCUT2D eigenvalue weighted by atomic mass is 32.2. The third kappa shape index (κ3) is 6.45. The van der Waals surface area contributed by atoms with E-state index in [1.807, 2.05) is 25.1 Å². The van der Waals surface area contributed by atoms with Crippen LogP contribution < -0.4 is 14.9 Å². The molecule has 0 aliphatic rings. The smallest absolute Gasteiger partial charge is 0.263 e. The van der Waals surface area contributed by atoms with E-state index in [1.165, 1.54) is 17.5 Å². The van der Waals surface area contributed by atoms with Crippen LogP contribution in [0.3, 0.4) is 0 Å². The van der Waals surface area contributed by atoms with Gasteiger partial charge < -0.3 is 19.4 Å². The summed E-state index contributed by atoms with van der Waals surface area (Å²) in [7, 11) is -2.44. The summed E-state index contributed by atoms with van der Waals surface area (Å²) in [5.41, 5.74) is 0.827. The maximum absolute atomic E-state index is 12.4. The highest BCUT2D eigenvalue weighted by molar-refractivity contribution is 7.92. The number of anilines is 1. The lowest BCUT2D eigenvalue weighted by Gasteiger charge is -2.06. The molecule has 0 aliphatic heterocycles. The molecule has 1 aromatic carbocycles. The summed E-state index contributed by atoms with van der Waals surface area (Å²) in [5.74, 6) is -2.63. The van der Waals surface area contributed by atoms with Gasteiger partial charge in [-0.1, -0.05) is 11.3 Å². The number of aromatic nitrogens is 2. The van der Waals surface area contributed by atoms with Gasteiger partial charge >= 0.3 is 0 Å². The molecule has 0 fully saturated rings. The summed E-state index contributed by atoms with van der Waals surface area (Å²) in [4.78, 5) is 32.6. The van der Waals surface area contributed by atoms with Gasteiger partial charge in [-0.05, 0) is 25.1 Å². The number of methoxy groups -OCH3 is 1. The molecule has 2 aromatic heterocycles. The van der Waals surface area contributed by atoms with Crippen LogP contribution in [0.5, 0.6) is 5.75 Å². The third-order valence-electron chi connectivity index (χ3n) is 4.08. The van der Waals surface area contributed by atoms with Crippen LogP contribution in [0.25, 0.3) is 10.2 Å². The maximum Gasteiger partial charge on any atom is 0.263 e. The van der Waals surface area contributed by atoms with Gasteiger partial charge in [0.1, 0.15) is 17.3 Å². The molecule has 1 N–H and O–H groups in total. The Morgan fingerprint density at radius 1 is 1.28 bits per heavy atom. The Labute approximate surface area is 192 Å². The van der Waals surface area contributed by atoms with Crippen molar-refractivity contribution in [3.05, 3.63) is 34.6 Å². The minimum atomic E-state index is -4.01. The first-order valence-corrected chi connectivity index (χ1v) is 13.1. The predicted octanol–water partition coefficient (Wildman–Crippen LogP) is 1.69. The molecule has 3 rings (SSSR count). The SMILES string of the molecule is CCOc1ccc2c(c1)sc(=NC(=O)CS(=O)(=O)CC(=O)Nc1nccs1)n2CCOC. The molecule has 3 aromatic rings. The normalized spacial score (nSPS) is 12.2. The molecule has 172 valence electrons. The van der Waals surface area contributed by atoms with E-state index >= 15 is 0 Å². The second kappa shape index (κ2) is 10.8. The Morgan fingerprint density at radius 3 is 2.78 bits per heavy atom. The molecule has 0 aliphatic carbocycles. The second-order valence-electron chi connectivity index (χ2n) is 6.51. The van der Waals surface area contributed by atoms with Crippen LogP contribution in [0.2, 0.25) is 0 Å². The largest absolute Gasteiger partial charge is 0.494 e. The quantitative estimate of drug-likeness (QED) is 0.450. The number of nitrogens with one attached hydrogen (secondary N) is 1. The fourth-order valence-electron chi connectivity index (χ4n) is 2.81. The van der Waals surface area contributed by atoms with Gasteiger partial charge in [-0.25, -0.2) is 13.4 Å². The lowest BCUT2D eigenvalue weighted by atomic mass is 10.3. The topological polar surface area (TPSA) is 129 Å². The lowest BCUT2D eigenvalue weighted by molar-refractivity contribution is -0.115. The van der Waals surface area contributed by atoms with Crippen LogP contribution in [0, 0.1) is 0 Å². The summed E-state index contributed by atoms with van der Waals surface area (Å²) in [5, 5.41) is 4.32. The van der Waals surface area contributed by atoms with Gasteiger partial charge in [0.05, 0.1) is 23.4 Å². The number of carbonyl (C=O) groups excluding carboxylic acids is 2. The van der Waals surface area contributed by atoms with Crippen molar-refractivity contribution in [3.8, 4) is 5.75 Å². The Bertz CT molecular complexity index is 1260. The van der Waals surface area contributed by atoms with E-state index in [0.717, 1.165) is 21.6 Å². The Morgan fingerprint density at radius 2 is 2.09 bits per heavy atom. The minimum absolute atomic E-state index is 0.289.